The van der Waals surface area contributed by atoms with Crippen molar-refractivity contribution in [3.8, 4) is 5.75 Å². The number of carbonyl (C=O) groups excluding carboxylic acids is 1. The Kier molecular flexibility index (Phi) is 8.06. The van der Waals surface area contributed by atoms with Crippen LogP contribution in [0.3, 0.4) is 0 Å². The van der Waals surface area contributed by atoms with Gasteiger partial charge < -0.3 is 9.84 Å². The Balaban J connectivity index is 1.30. The van der Waals surface area contributed by atoms with Crippen molar-refractivity contribution in [3.63, 3.8) is 0 Å². The summed E-state index contributed by atoms with van der Waals surface area (Å²) in [6.07, 6.45) is -0.118. The molecule has 1 fully saturated rings. The summed E-state index contributed by atoms with van der Waals surface area (Å²) in [4.78, 5) is 27.3. The molecule has 2 heterocycles. The molecule has 192 valence electrons. The maximum Gasteiger partial charge on any atom is 0.271 e. The molecule has 0 spiro atoms. The van der Waals surface area contributed by atoms with Crippen LogP contribution in [0.15, 0.2) is 41.3 Å². The molecule has 2 aromatic carbocycles. The number of nitrogens with zero attached hydrogens (tertiary/aromatic N) is 3. The van der Waals surface area contributed by atoms with Crippen molar-refractivity contribution in [2.45, 2.75) is 6.10 Å². The maximum atomic E-state index is 14.4. The molecule has 1 aliphatic rings. The number of ether oxygens (including phenoxy) is 1. The third-order valence-corrected chi connectivity index (χ3v) is 6.28. The molecular formula is C23H21Cl2F3N4O4. The fourth-order valence-electron chi connectivity index (χ4n) is 3.80. The SMILES string of the molecule is O=C(NN1CCN(C[C@@H](O)COc2ccc(Cl)c(F)c2)CC1)c1cn(F)c2cc(Cl)c(F)cc2c1=O. The molecule has 0 unspecified atom stereocenters. The largest absolute Gasteiger partial charge is 0.491 e. The van der Waals surface area contributed by atoms with Gasteiger partial charge in [0, 0.05) is 38.8 Å². The smallest absolute Gasteiger partial charge is 0.271 e. The highest BCUT2D eigenvalue weighted by Gasteiger charge is 2.23. The lowest BCUT2D eigenvalue weighted by Crippen LogP contribution is -2.55. The van der Waals surface area contributed by atoms with Crippen molar-refractivity contribution >= 4 is 40.0 Å². The average molecular weight is 545 g/mol. The van der Waals surface area contributed by atoms with Crippen LogP contribution in [0.2, 0.25) is 10.0 Å². The predicted octanol–water partition coefficient (Wildman–Crippen LogP) is 3.02. The molecule has 1 aromatic heterocycles. The van der Waals surface area contributed by atoms with E-state index in [0.717, 1.165) is 24.4 Å². The minimum absolute atomic E-state index is 0.0253. The number of fused-ring (bicyclic) bond motifs is 1. The van der Waals surface area contributed by atoms with Gasteiger partial charge in [-0.3, -0.25) is 19.9 Å². The summed E-state index contributed by atoms with van der Waals surface area (Å²) in [5.41, 5.74) is 0.998. The lowest BCUT2D eigenvalue weighted by atomic mass is 10.1. The van der Waals surface area contributed by atoms with Gasteiger partial charge in [0.15, 0.2) is 0 Å². The summed E-state index contributed by atoms with van der Waals surface area (Å²) in [6, 6.07) is 5.76. The molecule has 36 heavy (non-hydrogen) atoms. The summed E-state index contributed by atoms with van der Waals surface area (Å²) in [5, 5.41) is 11.1. The molecule has 8 nitrogen and oxygen atoms in total. The van der Waals surface area contributed by atoms with Gasteiger partial charge in [0.2, 0.25) is 5.43 Å². The second-order valence-corrected chi connectivity index (χ2v) is 9.05. The van der Waals surface area contributed by atoms with Crippen LogP contribution >= 0.6 is 23.2 Å². The van der Waals surface area contributed by atoms with Gasteiger partial charge in [-0.25, -0.2) is 13.8 Å². The van der Waals surface area contributed by atoms with E-state index in [2.05, 4.69) is 5.43 Å². The highest BCUT2D eigenvalue weighted by Crippen LogP contribution is 2.22. The Hall–Kier alpha value is -2.83. The number of hydrogen-bond acceptors (Lipinski definition) is 6. The number of nitrogens with one attached hydrogen (secondary N) is 1. The van der Waals surface area contributed by atoms with Crippen molar-refractivity contribution in [2.75, 3.05) is 39.3 Å². The van der Waals surface area contributed by atoms with Gasteiger partial charge in [0.05, 0.1) is 27.1 Å². The zero-order chi connectivity index (χ0) is 26.0. The fraction of sp³-hybridized carbons (Fsp3) is 0.304. The second-order valence-electron chi connectivity index (χ2n) is 8.24. The third-order valence-electron chi connectivity index (χ3n) is 5.68. The topological polar surface area (TPSA) is 87.0 Å². The molecular weight excluding hydrogens is 524 g/mol. The summed E-state index contributed by atoms with van der Waals surface area (Å²) in [6.45, 7) is 1.90. The van der Waals surface area contributed by atoms with Gasteiger partial charge >= 0.3 is 0 Å². The molecule has 0 saturated carbocycles. The summed E-state index contributed by atoms with van der Waals surface area (Å²) in [5.74, 6) is -2.11. The monoisotopic (exact) mass is 544 g/mol. The number of aromatic nitrogens is 1. The Labute approximate surface area is 213 Å². The normalized spacial score (nSPS) is 15.7. The van der Waals surface area contributed by atoms with Gasteiger partial charge in [-0.15, -0.1) is 0 Å². The second kappa shape index (κ2) is 11.1. The molecule has 0 bridgehead atoms. The van der Waals surface area contributed by atoms with E-state index in [1.54, 1.807) is 5.01 Å². The predicted molar refractivity (Wildman–Crippen MR) is 128 cm³/mol. The number of piperazine rings is 1. The molecule has 1 amide bonds. The fourth-order valence-corrected chi connectivity index (χ4v) is 4.07. The van der Waals surface area contributed by atoms with E-state index in [9.17, 15) is 28.0 Å². The third kappa shape index (κ3) is 5.93. The number of rotatable bonds is 7. The molecule has 1 saturated heterocycles. The molecule has 4 rings (SSSR count). The van der Waals surface area contributed by atoms with E-state index in [4.69, 9.17) is 27.9 Å². The van der Waals surface area contributed by atoms with Crippen molar-refractivity contribution in [3.05, 3.63) is 74.0 Å². The maximum absolute atomic E-state index is 14.4. The van der Waals surface area contributed by atoms with Crippen LogP contribution in [0, 0.1) is 11.6 Å². The lowest BCUT2D eigenvalue weighted by Gasteiger charge is -2.35. The number of pyridine rings is 1. The Morgan fingerprint density at radius 3 is 2.47 bits per heavy atom. The summed E-state index contributed by atoms with van der Waals surface area (Å²) < 4.78 is 47.1. The quantitative estimate of drug-likeness (QED) is 0.475. The van der Waals surface area contributed by atoms with Gasteiger partial charge in [-0.2, -0.15) is 4.79 Å². The first-order valence-corrected chi connectivity index (χ1v) is 11.6. The van der Waals surface area contributed by atoms with E-state index in [0.29, 0.717) is 26.2 Å². The zero-order valence-electron chi connectivity index (χ0n) is 18.7. The molecule has 2 N–H and O–H groups in total. The summed E-state index contributed by atoms with van der Waals surface area (Å²) in [7, 11) is 0. The molecule has 0 radical (unpaired) electrons. The molecule has 1 atom stereocenters. The highest BCUT2D eigenvalue weighted by atomic mass is 35.5. The number of benzene rings is 2. The number of β-amino-alcohol motifs (C(OH)–C–C–N with tert-alkyl or cyclic N) is 1. The standard InChI is InChI=1S/C23H21Cl2F3N4O4/c24-17-2-1-14(7-19(17)26)36-12-13(33)10-30-3-5-31(6-4-30)29-23(35)16-11-32(28)21-9-18(25)20(27)8-15(21)22(16)34/h1-2,7-9,11,13,33H,3-6,10,12H2,(H,29,35)/t13-/m1/s1. The van der Waals surface area contributed by atoms with Crippen LogP contribution in [-0.2, 0) is 0 Å². The summed E-state index contributed by atoms with van der Waals surface area (Å²) >= 11 is 11.3. The van der Waals surface area contributed by atoms with Crippen LogP contribution in [0.4, 0.5) is 13.3 Å². The number of aliphatic hydroxyl groups excluding tert-OH is 1. The van der Waals surface area contributed by atoms with E-state index < -0.39 is 34.6 Å². The Morgan fingerprint density at radius 1 is 1.08 bits per heavy atom. The van der Waals surface area contributed by atoms with Crippen molar-refractivity contribution < 1.29 is 27.9 Å². The van der Waals surface area contributed by atoms with Crippen molar-refractivity contribution in [1.82, 2.24) is 20.1 Å². The lowest BCUT2D eigenvalue weighted by molar-refractivity contribution is 0.0316. The van der Waals surface area contributed by atoms with Crippen LogP contribution < -0.4 is 15.6 Å². The van der Waals surface area contributed by atoms with Crippen LogP contribution in [0.5, 0.6) is 5.75 Å². The average Bonchev–Trinajstić information content (AvgIpc) is 2.84. The van der Waals surface area contributed by atoms with Gasteiger partial charge in [0.1, 0.15) is 35.7 Å². The van der Waals surface area contributed by atoms with E-state index in [1.165, 1.54) is 12.1 Å². The number of aliphatic hydroxyl groups is 1. The highest BCUT2D eigenvalue weighted by molar-refractivity contribution is 6.31. The van der Waals surface area contributed by atoms with Gasteiger partial charge in [0.25, 0.3) is 5.91 Å². The zero-order valence-corrected chi connectivity index (χ0v) is 20.2. The van der Waals surface area contributed by atoms with Gasteiger partial charge in [-0.1, -0.05) is 27.7 Å². The van der Waals surface area contributed by atoms with E-state index >= 15 is 0 Å². The molecule has 0 aliphatic carbocycles. The number of hydrazine groups is 1. The van der Waals surface area contributed by atoms with Crippen LogP contribution in [0.25, 0.3) is 10.9 Å². The van der Waals surface area contributed by atoms with Crippen molar-refractivity contribution in [1.29, 1.82) is 0 Å². The minimum atomic E-state index is -0.900. The number of carbonyl (C=O) groups is 1. The molecule has 1 aliphatic heterocycles. The molecule has 13 heteroatoms. The number of hydrogen-bond donors (Lipinski definition) is 2. The minimum Gasteiger partial charge on any atom is -0.491 e. The van der Waals surface area contributed by atoms with E-state index in [1.807, 2.05) is 4.90 Å². The van der Waals surface area contributed by atoms with Crippen LogP contribution in [0.1, 0.15) is 10.4 Å². The van der Waals surface area contributed by atoms with Crippen LogP contribution in [-0.4, -0.2) is 71.1 Å². The van der Waals surface area contributed by atoms with E-state index in [-0.39, 0.29) is 44.6 Å². The number of halogens is 5. The van der Waals surface area contributed by atoms with Crippen molar-refractivity contribution in [2.24, 2.45) is 0 Å². The number of amides is 1. The Morgan fingerprint density at radius 2 is 1.78 bits per heavy atom. The molecule has 3 aromatic rings. The first-order chi connectivity index (χ1) is 17.1. The first kappa shape index (κ1) is 26.2. The Bertz CT molecular complexity index is 1350. The van der Waals surface area contributed by atoms with Gasteiger partial charge in [-0.05, 0) is 24.3 Å². The first-order valence-electron chi connectivity index (χ1n) is 10.9.